The Morgan fingerprint density at radius 1 is 1.36 bits per heavy atom. The number of aryl methyl sites for hydroxylation is 1. The van der Waals surface area contributed by atoms with Gasteiger partial charge in [0.15, 0.2) is 5.82 Å². The van der Waals surface area contributed by atoms with Crippen molar-refractivity contribution in [3.63, 3.8) is 0 Å². The van der Waals surface area contributed by atoms with Crippen molar-refractivity contribution in [3.05, 3.63) is 35.4 Å². The summed E-state index contributed by atoms with van der Waals surface area (Å²) in [5.41, 5.74) is 1.37. The van der Waals surface area contributed by atoms with Gasteiger partial charge in [0.1, 0.15) is 11.6 Å². The normalized spacial score (nSPS) is 16.4. The lowest BCUT2D eigenvalue weighted by molar-refractivity contribution is -0.116. The van der Waals surface area contributed by atoms with Gasteiger partial charge in [-0.2, -0.15) is 5.10 Å². The van der Waals surface area contributed by atoms with E-state index in [9.17, 15) is 9.59 Å². The van der Waals surface area contributed by atoms with Gasteiger partial charge in [0.25, 0.3) is 5.91 Å². The largest absolute Gasteiger partial charge is 0.491 e. The van der Waals surface area contributed by atoms with Gasteiger partial charge >= 0.3 is 0 Å². The molecule has 1 atom stereocenters. The molecule has 1 aromatic carbocycles. The molecule has 0 bridgehead atoms. The molecular formula is C18H22N4O3. The van der Waals surface area contributed by atoms with E-state index in [0.717, 1.165) is 11.3 Å². The zero-order valence-electron chi connectivity index (χ0n) is 14.8. The van der Waals surface area contributed by atoms with Gasteiger partial charge in [0, 0.05) is 24.6 Å². The van der Waals surface area contributed by atoms with Gasteiger partial charge in [-0.05, 0) is 44.0 Å². The second-order valence-electron chi connectivity index (χ2n) is 6.53. The number of fused-ring (bicyclic) bond motifs is 1. The molecule has 2 heterocycles. The van der Waals surface area contributed by atoms with Gasteiger partial charge in [-0.15, -0.1) is 0 Å². The fraction of sp³-hybridized carbons (Fsp3) is 0.389. The monoisotopic (exact) mass is 342 g/mol. The van der Waals surface area contributed by atoms with Crippen LogP contribution in [-0.2, 0) is 11.8 Å². The van der Waals surface area contributed by atoms with E-state index in [1.165, 1.54) is 0 Å². The molecule has 7 heteroatoms. The van der Waals surface area contributed by atoms with Crippen molar-refractivity contribution in [2.24, 2.45) is 7.05 Å². The van der Waals surface area contributed by atoms with Crippen LogP contribution in [0, 0.1) is 0 Å². The molecule has 2 aromatic rings. The third kappa shape index (κ3) is 3.50. The molecule has 132 valence electrons. The van der Waals surface area contributed by atoms with E-state index in [1.807, 2.05) is 20.8 Å². The highest BCUT2D eigenvalue weighted by molar-refractivity contribution is 6.05. The number of aromatic nitrogens is 2. The lowest BCUT2D eigenvalue weighted by Crippen LogP contribution is -2.23. The quantitative estimate of drug-likeness (QED) is 0.895. The third-order valence-electron chi connectivity index (χ3n) is 4.05. The fourth-order valence-corrected chi connectivity index (χ4v) is 2.95. The van der Waals surface area contributed by atoms with Crippen LogP contribution in [0.2, 0.25) is 0 Å². The molecule has 3 rings (SSSR count). The number of hydrogen-bond donors (Lipinski definition) is 2. The number of amides is 2. The minimum Gasteiger partial charge on any atom is -0.491 e. The summed E-state index contributed by atoms with van der Waals surface area (Å²) >= 11 is 0. The van der Waals surface area contributed by atoms with Crippen molar-refractivity contribution in [2.75, 3.05) is 10.6 Å². The maximum Gasteiger partial charge on any atom is 0.256 e. The van der Waals surface area contributed by atoms with Crippen molar-refractivity contribution in [2.45, 2.75) is 39.2 Å². The summed E-state index contributed by atoms with van der Waals surface area (Å²) in [6.07, 6.45) is 0.458. The number of carbonyl (C=O) groups is 2. The van der Waals surface area contributed by atoms with Crippen molar-refractivity contribution in [1.29, 1.82) is 0 Å². The van der Waals surface area contributed by atoms with Gasteiger partial charge < -0.3 is 15.4 Å². The average Bonchev–Trinajstić information content (AvgIpc) is 2.83. The first-order valence-electron chi connectivity index (χ1n) is 8.30. The highest BCUT2D eigenvalue weighted by Gasteiger charge is 2.29. The van der Waals surface area contributed by atoms with Crippen LogP contribution in [0.1, 0.15) is 49.0 Å². The topological polar surface area (TPSA) is 85.2 Å². The van der Waals surface area contributed by atoms with Gasteiger partial charge in [0.05, 0.1) is 6.10 Å². The van der Waals surface area contributed by atoms with Gasteiger partial charge in [-0.3, -0.25) is 14.3 Å². The number of anilines is 2. The number of benzene rings is 1. The SMILES string of the molecule is CC(C)Oc1ccc(C(=O)Nc2nn(C)c3c2[C@H](C)CC(=O)N3)cc1. The molecule has 0 saturated heterocycles. The van der Waals surface area contributed by atoms with E-state index in [2.05, 4.69) is 15.7 Å². The van der Waals surface area contributed by atoms with Crippen LogP contribution in [0.3, 0.4) is 0 Å². The Kier molecular flexibility index (Phi) is 4.48. The van der Waals surface area contributed by atoms with Crippen molar-refractivity contribution in [1.82, 2.24) is 9.78 Å². The van der Waals surface area contributed by atoms with Crippen LogP contribution < -0.4 is 15.4 Å². The molecule has 1 aromatic heterocycles. The van der Waals surface area contributed by atoms with Crippen LogP contribution in [0.15, 0.2) is 24.3 Å². The number of ether oxygens (including phenoxy) is 1. The first kappa shape index (κ1) is 17.0. The number of hydrogen-bond acceptors (Lipinski definition) is 4. The predicted octanol–water partition coefficient (Wildman–Crippen LogP) is 2.91. The van der Waals surface area contributed by atoms with Crippen molar-refractivity contribution < 1.29 is 14.3 Å². The van der Waals surface area contributed by atoms with Crippen LogP contribution in [0.4, 0.5) is 11.6 Å². The van der Waals surface area contributed by atoms with Gasteiger partial charge in [-0.1, -0.05) is 6.92 Å². The van der Waals surface area contributed by atoms with Crippen LogP contribution >= 0.6 is 0 Å². The molecule has 0 spiro atoms. The van der Waals surface area contributed by atoms with Crippen molar-refractivity contribution in [3.8, 4) is 5.75 Å². The molecule has 1 aliphatic rings. The molecule has 2 N–H and O–H groups in total. The first-order chi connectivity index (χ1) is 11.8. The minimum absolute atomic E-state index is 0.00503. The van der Waals surface area contributed by atoms with E-state index in [1.54, 1.807) is 36.0 Å². The molecule has 7 nitrogen and oxygen atoms in total. The zero-order valence-corrected chi connectivity index (χ0v) is 14.8. The van der Waals surface area contributed by atoms with E-state index >= 15 is 0 Å². The Balaban J connectivity index is 1.80. The summed E-state index contributed by atoms with van der Waals surface area (Å²) in [5.74, 6) is 1.55. The van der Waals surface area contributed by atoms with Crippen molar-refractivity contribution >= 4 is 23.5 Å². The Morgan fingerprint density at radius 2 is 2.04 bits per heavy atom. The molecular weight excluding hydrogens is 320 g/mol. The Morgan fingerprint density at radius 3 is 2.68 bits per heavy atom. The summed E-state index contributed by atoms with van der Waals surface area (Å²) in [7, 11) is 1.74. The standard InChI is InChI=1S/C18H22N4O3/c1-10(2)25-13-7-5-12(6-8-13)18(24)20-16-15-11(3)9-14(23)19-17(15)22(4)21-16/h5-8,10-11H,9H2,1-4H3,(H,19,23)(H,20,21,24)/t11-/m1/s1. The summed E-state index contributed by atoms with van der Waals surface area (Å²) in [6.45, 7) is 5.85. The molecule has 25 heavy (non-hydrogen) atoms. The second-order valence-corrected chi connectivity index (χ2v) is 6.53. The maximum atomic E-state index is 12.5. The van der Waals surface area contributed by atoms with E-state index in [-0.39, 0.29) is 23.8 Å². The second kappa shape index (κ2) is 6.58. The predicted molar refractivity (Wildman–Crippen MR) is 95.0 cm³/mol. The van der Waals surface area contributed by atoms with E-state index in [4.69, 9.17) is 4.74 Å². The number of nitrogens with one attached hydrogen (secondary N) is 2. The lowest BCUT2D eigenvalue weighted by Gasteiger charge is -2.20. The summed E-state index contributed by atoms with van der Waals surface area (Å²) in [4.78, 5) is 24.2. The zero-order chi connectivity index (χ0) is 18.1. The number of carbonyl (C=O) groups excluding carboxylic acids is 2. The Labute approximate surface area is 146 Å². The Bertz CT molecular complexity index is 808. The van der Waals surface area contributed by atoms with Gasteiger partial charge in [-0.25, -0.2) is 0 Å². The van der Waals surface area contributed by atoms with Crippen LogP contribution in [-0.4, -0.2) is 27.7 Å². The minimum atomic E-state index is -0.249. The molecule has 0 radical (unpaired) electrons. The van der Waals surface area contributed by atoms with E-state index < -0.39 is 0 Å². The van der Waals surface area contributed by atoms with E-state index in [0.29, 0.717) is 23.6 Å². The highest BCUT2D eigenvalue weighted by Crippen LogP contribution is 2.37. The maximum absolute atomic E-state index is 12.5. The summed E-state index contributed by atoms with van der Waals surface area (Å²) in [6, 6.07) is 6.97. The molecule has 0 saturated carbocycles. The van der Waals surface area contributed by atoms with Crippen LogP contribution in [0.5, 0.6) is 5.75 Å². The first-order valence-corrected chi connectivity index (χ1v) is 8.30. The number of nitrogens with zero attached hydrogens (tertiary/aromatic N) is 2. The summed E-state index contributed by atoms with van der Waals surface area (Å²) in [5, 5.41) is 10.0. The molecule has 1 aliphatic heterocycles. The third-order valence-corrected chi connectivity index (χ3v) is 4.05. The molecule has 2 amide bonds. The Hall–Kier alpha value is -2.83. The van der Waals surface area contributed by atoms with Gasteiger partial charge in [0.2, 0.25) is 5.91 Å². The highest BCUT2D eigenvalue weighted by atomic mass is 16.5. The summed E-state index contributed by atoms with van der Waals surface area (Å²) < 4.78 is 7.16. The molecule has 0 fully saturated rings. The molecule has 0 unspecified atom stereocenters. The van der Waals surface area contributed by atoms with Crippen LogP contribution in [0.25, 0.3) is 0 Å². The average molecular weight is 342 g/mol. The number of rotatable bonds is 4. The lowest BCUT2D eigenvalue weighted by atomic mass is 9.95. The molecule has 0 aliphatic carbocycles. The smallest absolute Gasteiger partial charge is 0.256 e. The fourth-order valence-electron chi connectivity index (χ4n) is 2.95.